The molecule has 4 heteroatoms. The van der Waals surface area contributed by atoms with Gasteiger partial charge in [-0.1, -0.05) is 38.5 Å². The van der Waals surface area contributed by atoms with Crippen LogP contribution in [0.1, 0.15) is 77.0 Å². The summed E-state index contributed by atoms with van der Waals surface area (Å²) in [6, 6.07) is 0.597. The predicted octanol–water partition coefficient (Wildman–Crippen LogP) is 2.76. The zero-order chi connectivity index (χ0) is 14.7. The number of rotatable bonds is 3. The van der Waals surface area contributed by atoms with E-state index in [0.717, 1.165) is 25.7 Å². The van der Waals surface area contributed by atoms with Crippen LogP contribution in [0.2, 0.25) is 0 Å². The van der Waals surface area contributed by atoms with Crippen molar-refractivity contribution in [1.82, 2.24) is 10.2 Å². The van der Waals surface area contributed by atoms with Gasteiger partial charge in [0.25, 0.3) is 0 Å². The van der Waals surface area contributed by atoms with E-state index in [4.69, 9.17) is 0 Å². The predicted molar refractivity (Wildman–Crippen MR) is 81.8 cm³/mol. The topological polar surface area (TPSA) is 49.4 Å². The van der Waals surface area contributed by atoms with Crippen LogP contribution in [0.4, 0.5) is 0 Å². The molecule has 1 N–H and O–H groups in total. The first kappa shape index (κ1) is 14.9. The highest BCUT2D eigenvalue weighted by atomic mass is 16.2. The van der Waals surface area contributed by atoms with Crippen molar-refractivity contribution in [3.63, 3.8) is 0 Å². The lowest BCUT2D eigenvalue weighted by Gasteiger charge is -2.42. The van der Waals surface area contributed by atoms with Crippen LogP contribution in [-0.2, 0) is 9.59 Å². The molecule has 0 unspecified atom stereocenters. The molecule has 1 atom stereocenters. The highest BCUT2D eigenvalue weighted by molar-refractivity contribution is 5.91. The maximum Gasteiger partial charge on any atom is 0.245 e. The minimum absolute atomic E-state index is 0.0422. The SMILES string of the molecule is O=C1CC[C@H](C(=O)N(C2CCCCC2)C2CCCCC2)N1. The molecule has 0 aromatic heterocycles. The number of hydrogen-bond acceptors (Lipinski definition) is 2. The first-order valence-corrected chi connectivity index (χ1v) is 8.87. The Morgan fingerprint density at radius 1 is 0.857 bits per heavy atom. The summed E-state index contributed by atoms with van der Waals surface area (Å²) < 4.78 is 0. The second-order valence-electron chi connectivity index (χ2n) is 6.99. The molecule has 1 aliphatic heterocycles. The maximum absolute atomic E-state index is 13.0. The van der Waals surface area contributed by atoms with Crippen molar-refractivity contribution in [3.05, 3.63) is 0 Å². The van der Waals surface area contributed by atoms with Gasteiger partial charge in [0.1, 0.15) is 6.04 Å². The smallest absolute Gasteiger partial charge is 0.245 e. The Morgan fingerprint density at radius 3 is 1.81 bits per heavy atom. The molecule has 2 amide bonds. The normalized spacial score (nSPS) is 28.4. The molecule has 0 radical (unpaired) electrons. The molecular weight excluding hydrogens is 264 g/mol. The molecule has 118 valence electrons. The van der Waals surface area contributed by atoms with Crippen LogP contribution in [0, 0.1) is 0 Å². The van der Waals surface area contributed by atoms with Crippen LogP contribution >= 0.6 is 0 Å². The van der Waals surface area contributed by atoms with Gasteiger partial charge in [0, 0.05) is 18.5 Å². The van der Waals surface area contributed by atoms with E-state index in [1.54, 1.807) is 0 Å². The van der Waals surface area contributed by atoms with Gasteiger partial charge in [-0.3, -0.25) is 9.59 Å². The second-order valence-corrected chi connectivity index (χ2v) is 6.99. The number of nitrogens with one attached hydrogen (secondary N) is 1. The Hall–Kier alpha value is -1.06. The highest BCUT2D eigenvalue weighted by Gasteiger charge is 2.38. The van der Waals surface area contributed by atoms with Crippen LogP contribution in [-0.4, -0.2) is 34.8 Å². The fraction of sp³-hybridized carbons (Fsp3) is 0.882. The second kappa shape index (κ2) is 6.80. The molecular formula is C17H28N2O2. The van der Waals surface area contributed by atoms with Crippen molar-refractivity contribution in [3.8, 4) is 0 Å². The van der Waals surface area contributed by atoms with Gasteiger partial charge in [0.05, 0.1) is 0 Å². The van der Waals surface area contributed by atoms with Gasteiger partial charge >= 0.3 is 0 Å². The first-order valence-electron chi connectivity index (χ1n) is 8.87. The van der Waals surface area contributed by atoms with Gasteiger partial charge < -0.3 is 10.2 Å². The van der Waals surface area contributed by atoms with Gasteiger partial charge in [-0.2, -0.15) is 0 Å². The van der Waals surface area contributed by atoms with Gasteiger partial charge in [-0.15, -0.1) is 0 Å². The van der Waals surface area contributed by atoms with Crippen LogP contribution in [0.15, 0.2) is 0 Å². The van der Waals surface area contributed by atoms with E-state index in [1.165, 1.54) is 38.5 Å². The molecule has 21 heavy (non-hydrogen) atoms. The van der Waals surface area contributed by atoms with E-state index in [1.807, 2.05) is 0 Å². The molecule has 4 nitrogen and oxygen atoms in total. The van der Waals surface area contributed by atoms with Gasteiger partial charge in [-0.25, -0.2) is 0 Å². The van der Waals surface area contributed by atoms with Crippen molar-refractivity contribution >= 4 is 11.8 Å². The van der Waals surface area contributed by atoms with E-state index in [9.17, 15) is 9.59 Å². The number of carbonyl (C=O) groups excluding carboxylic acids is 2. The van der Waals surface area contributed by atoms with E-state index in [-0.39, 0.29) is 17.9 Å². The van der Waals surface area contributed by atoms with E-state index in [2.05, 4.69) is 10.2 Å². The average molecular weight is 292 g/mol. The van der Waals surface area contributed by atoms with Crippen molar-refractivity contribution in [2.24, 2.45) is 0 Å². The lowest BCUT2D eigenvalue weighted by molar-refractivity contribution is -0.140. The Kier molecular flexibility index (Phi) is 4.81. The van der Waals surface area contributed by atoms with Crippen molar-refractivity contribution in [2.45, 2.75) is 95.2 Å². The average Bonchev–Trinajstić information content (AvgIpc) is 2.96. The van der Waals surface area contributed by atoms with Gasteiger partial charge in [0.2, 0.25) is 11.8 Å². The lowest BCUT2D eigenvalue weighted by Crippen LogP contribution is -2.54. The summed E-state index contributed by atoms with van der Waals surface area (Å²) >= 11 is 0. The third kappa shape index (κ3) is 3.41. The molecule has 0 aromatic rings. The molecule has 3 fully saturated rings. The van der Waals surface area contributed by atoms with Crippen molar-refractivity contribution < 1.29 is 9.59 Å². The monoisotopic (exact) mass is 292 g/mol. The zero-order valence-corrected chi connectivity index (χ0v) is 13.0. The molecule has 0 spiro atoms. The zero-order valence-electron chi connectivity index (χ0n) is 13.0. The van der Waals surface area contributed by atoms with E-state index in [0.29, 0.717) is 24.9 Å². The van der Waals surface area contributed by atoms with Crippen molar-refractivity contribution in [1.29, 1.82) is 0 Å². The van der Waals surface area contributed by atoms with Crippen LogP contribution in [0.3, 0.4) is 0 Å². The molecule has 3 rings (SSSR count). The number of amides is 2. The van der Waals surface area contributed by atoms with E-state index < -0.39 is 0 Å². The molecule has 3 aliphatic rings. The molecule has 1 saturated heterocycles. The summed E-state index contributed by atoms with van der Waals surface area (Å²) in [6.45, 7) is 0. The molecule has 0 aromatic carbocycles. The lowest BCUT2D eigenvalue weighted by atomic mass is 9.88. The largest absolute Gasteiger partial charge is 0.344 e. The fourth-order valence-electron chi connectivity index (χ4n) is 4.36. The van der Waals surface area contributed by atoms with Crippen LogP contribution in [0.5, 0.6) is 0 Å². The van der Waals surface area contributed by atoms with Crippen molar-refractivity contribution in [2.75, 3.05) is 0 Å². The van der Waals surface area contributed by atoms with Crippen LogP contribution in [0.25, 0.3) is 0 Å². The Morgan fingerprint density at radius 2 is 1.38 bits per heavy atom. The highest BCUT2D eigenvalue weighted by Crippen LogP contribution is 2.31. The summed E-state index contributed by atoms with van der Waals surface area (Å²) in [5, 5.41) is 2.88. The fourth-order valence-corrected chi connectivity index (χ4v) is 4.36. The third-order valence-electron chi connectivity index (χ3n) is 5.48. The number of hydrogen-bond donors (Lipinski definition) is 1. The summed E-state index contributed by atoms with van der Waals surface area (Å²) in [5.41, 5.74) is 0. The Bertz CT molecular complexity index is 366. The number of carbonyl (C=O) groups is 2. The molecule has 0 bridgehead atoms. The molecule has 2 aliphatic carbocycles. The minimum Gasteiger partial charge on any atom is -0.344 e. The third-order valence-corrected chi connectivity index (χ3v) is 5.48. The quantitative estimate of drug-likeness (QED) is 0.869. The summed E-state index contributed by atoms with van der Waals surface area (Å²) in [7, 11) is 0. The van der Waals surface area contributed by atoms with Crippen LogP contribution < -0.4 is 5.32 Å². The summed E-state index contributed by atoms with van der Waals surface area (Å²) in [6.07, 6.45) is 13.4. The molecule has 1 heterocycles. The standard InChI is InChI=1S/C17H28N2O2/c20-16-12-11-15(18-16)17(21)19(13-7-3-1-4-8-13)14-9-5-2-6-10-14/h13-15H,1-12H2,(H,18,20)/t15-/m1/s1. The summed E-state index contributed by atoms with van der Waals surface area (Å²) in [4.78, 5) is 26.7. The van der Waals surface area contributed by atoms with Gasteiger partial charge in [-0.05, 0) is 32.1 Å². The van der Waals surface area contributed by atoms with E-state index >= 15 is 0 Å². The minimum atomic E-state index is -0.249. The maximum atomic E-state index is 13.0. The molecule has 2 saturated carbocycles. The Labute approximate surface area is 127 Å². The Balaban J connectivity index is 1.73. The summed E-state index contributed by atoms with van der Waals surface area (Å²) in [5.74, 6) is 0.250. The number of nitrogens with zero attached hydrogens (tertiary/aromatic N) is 1. The van der Waals surface area contributed by atoms with Gasteiger partial charge in [0.15, 0.2) is 0 Å². The first-order chi connectivity index (χ1) is 10.3.